The summed E-state index contributed by atoms with van der Waals surface area (Å²) in [6.45, 7) is 1.21. The van der Waals surface area contributed by atoms with Gasteiger partial charge in [0.15, 0.2) is 16.4 Å². The van der Waals surface area contributed by atoms with Gasteiger partial charge in [0.05, 0.1) is 25.2 Å². The standard InChI is InChI=1S/C17H20F3N5O4S/c1-27-9-4-5-25(6-9)7-10-12(17(18,19)20)23-16(30-10)24-13(26)11-14(28-2)21-8-22-15(11)29-3/h8-9H,4-7H2,1-3H3,(H,23,24,26)/t9-/m0/s1. The fraction of sp³-hybridized carbons (Fsp3) is 0.529. The topological polar surface area (TPSA) is 98.7 Å². The Kier molecular flexibility index (Phi) is 6.73. The molecule has 9 nitrogen and oxygen atoms in total. The molecule has 1 aliphatic rings. The molecule has 0 aromatic carbocycles. The molecule has 164 valence electrons. The first kappa shape index (κ1) is 22.2. The normalized spacial score (nSPS) is 17.2. The molecular formula is C17H20F3N5O4S. The van der Waals surface area contributed by atoms with Gasteiger partial charge in [-0.15, -0.1) is 0 Å². The molecule has 1 atom stereocenters. The average Bonchev–Trinajstić information content (AvgIpc) is 3.33. The van der Waals surface area contributed by atoms with Crippen LogP contribution < -0.4 is 14.8 Å². The van der Waals surface area contributed by atoms with Crippen LogP contribution >= 0.6 is 11.3 Å². The summed E-state index contributed by atoms with van der Waals surface area (Å²) in [6, 6.07) is 0. The molecule has 0 saturated carbocycles. The molecule has 1 saturated heterocycles. The molecule has 3 heterocycles. The van der Waals surface area contributed by atoms with Crippen LogP contribution in [0.15, 0.2) is 6.33 Å². The molecule has 0 unspecified atom stereocenters. The Morgan fingerprint density at radius 2 is 1.93 bits per heavy atom. The summed E-state index contributed by atoms with van der Waals surface area (Å²) in [7, 11) is 4.17. The third kappa shape index (κ3) is 4.79. The average molecular weight is 447 g/mol. The number of aromatic nitrogens is 3. The van der Waals surface area contributed by atoms with Crippen LogP contribution in [0, 0.1) is 0 Å². The number of hydrogen-bond acceptors (Lipinski definition) is 9. The van der Waals surface area contributed by atoms with E-state index in [4.69, 9.17) is 14.2 Å². The van der Waals surface area contributed by atoms with Crippen molar-refractivity contribution < 1.29 is 32.2 Å². The van der Waals surface area contributed by atoms with Crippen LogP contribution in [-0.4, -0.2) is 66.3 Å². The minimum absolute atomic E-state index is 0.00978. The second-order valence-corrected chi connectivity index (χ2v) is 7.48. The van der Waals surface area contributed by atoms with Crippen LogP contribution in [0.5, 0.6) is 11.8 Å². The van der Waals surface area contributed by atoms with Gasteiger partial charge in [0, 0.05) is 26.7 Å². The molecule has 2 aromatic rings. The van der Waals surface area contributed by atoms with Gasteiger partial charge in [-0.2, -0.15) is 13.2 Å². The van der Waals surface area contributed by atoms with Crippen molar-refractivity contribution in [3.63, 3.8) is 0 Å². The molecule has 0 bridgehead atoms. The number of rotatable bonds is 7. The first-order valence-electron chi connectivity index (χ1n) is 8.83. The number of thiazole rings is 1. The Balaban J connectivity index is 1.85. The van der Waals surface area contributed by atoms with Crippen LogP contribution in [0.1, 0.15) is 27.3 Å². The minimum atomic E-state index is -4.65. The van der Waals surface area contributed by atoms with Crippen molar-refractivity contribution >= 4 is 22.4 Å². The van der Waals surface area contributed by atoms with Gasteiger partial charge >= 0.3 is 6.18 Å². The van der Waals surface area contributed by atoms with Crippen molar-refractivity contribution in [3.05, 3.63) is 22.5 Å². The molecule has 13 heteroatoms. The van der Waals surface area contributed by atoms with Crippen LogP contribution in [0.25, 0.3) is 0 Å². The van der Waals surface area contributed by atoms with E-state index in [9.17, 15) is 18.0 Å². The largest absolute Gasteiger partial charge is 0.480 e. The number of carbonyl (C=O) groups excluding carboxylic acids is 1. The molecule has 0 radical (unpaired) electrons. The van der Waals surface area contributed by atoms with Crippen LogP contribution in [-0.2, 0) is 17.5 Å². The van der Waals surface area contributed by atoms with Crippen LogP contribution in [0.3, 0.4) is 0 Å². The third-order valence-electron chi connectivity index (χ3n) is 4.51. The van der Waals surface area contributed by atoms with E-state index < -0.39 is 17.8 Å². The SMILES string of the molecule is COc1ncnc(OC)c1C(=O)Nc1nc(C(F)(F)F)c(CN2CC[C@H](OC)C2)s1. The summed E-state index contributed by atoms with van der Waals surface area (Å²) in [5, 5.41) is 2.17. The third-order valence-corrected chi connectivity index (χ3v) is 5.46. The van der Waals surface area contributed by atoms with Gasteiger partial charge in [-0.05, 0) is 6.42 Å². The smallest absolute Gasteiger partial charge is 0.434 e. The molecule has 0 aliphatic carbocycles. The lowest BCUT2D eigenvalue weighted by Crippen LogP contribution is -2.23. The Bertz CT molecular complexity index is 886. The lowest BCUT2D eigenvalue weighted by molar-refractivity contribution is -0.141. The van der Waals surface area contributed by atoms with Gasteiger partial charge < -0.3 is 14.2 Å². The Hall–Kier alpha value is -2.51. The van der Waals surface area contributed by atoms with E-state index >= 15 is 0 Å². The molecule has 1 N–H and O–H groups in total. The highest BCUT2D eigenvalue weighted by atomic mass is 32.1. The van der Waals surface area contributed by atoms with Gasteiger partial charge in [0.1, 0.15) is 6.33 Å². The maximum atomic E-state index is 13.5. The maximum Gasteiger partial charge on any atom is 0.434 e. The molecule has 0 spiro atoms. The van der Waals surface area contributed by atoms with Gasteiger partial charge in [-0.3, -0.25) is 15.0 Å². The Morgan fingerprint density at radius 1 is 1.27 bits per heavy atom. The molecule has 1 fully saturated rings. The van der Waals surface area contributed by atoms with Crippen molar-refractivity contribution in [3.8, 4) is 11.8 Å². The van der Waals surface area contributed by atoms with E-state index in [1.165, 1.54) is 14.2 Å². The molecular weight excluding hydrogens is 427 g/mol. The number of alkyl halides is 3. The van der Waals surface area contributed by atoms with Crippen molar-refractivity contribution in [2.24, 2.45) is 0 Å². The number of hydrogen-bond donors (Lipinski definition) is 1. The summed E-state index contributed by atoms with van der Waals surface area (Å²) in [6.07, 6.45) is -2.78. The maximum absolute atomic E-state index is 13.5. The summed E-state index contributed by atoms with van der Waals surface area (Å²) in [5.41, 5.74) is -1.16. The lowest BCUT2D eigenvalue weighted by Gasteiger charge is -2.15. The van der Waals surface area contributed by atoms with Crippen molar-refractivity contribution in [2.75, 3.05) is 39.7 Å². The number of amides is 1. The van der Waals surface area contributed by atoms with E-state index in [2.05, 4.69) is 20.3 Å². The number of nitrogens with zero attached hydrogens (tertiary/aromatic N) is 4. The monoisotopic (exact) mass is 447 g/mol. The molecule has 30 heavy (non-hydrogen) atoms. The summed E-state index contributed by atoms with van der Waals surface area (Å²) >= 11 is 0.764. The van der Waals surface area contributed by atoms with E-state index in [-0.39, 0.29) is 40.0 Å². The first-order valence-corrected chi connectivity index (χ1v) is 9.64. The van der Waals surface area contributed by atoms with E-state index in [0.29, 0.717) is 13.1 Å². The van der Waals surface area contributed by atoms with Crippen molar-refractivity contribution in [2.45, 2.75) is 25.2 Å². The summed E-state index contributed by atoms with van der Waals surface area (Å²) in [4.78, 5) is 25.8. The number of carbonyl (C=O) groups is 1. The quantitative estimate of drug-likeness (QED) is 0.691. The van der Waals surface area contributed by atoms with Gasteiger partial charge in [0.25, 0.3) is 5.91 Å². The highest BCUT2D eigenvalue weighted by Crippen LogP contribution is 2.38. The molecule has 1 amide bonds. The number of halogens is 3. The fourth-order valence-corrected chi connectivity index (χ4v) is 4.11. The predicted molar refractivity (Wildman–Crippen MR) is 101 cm³/mol. The zero-order valence-electron chi connectivity index (χ0n) is 16.4. The highest BCUT2D eigenvalue weighted by molar-refractivity contribution is 7.15. The van der Waals surface area contributed by atoms with Crippen LogP contribution in [0.4, 0.5) is 18.3 Å². The van der Waals surface area contributed by atoms with E-state index in [0.717, 1.165) is 24.1 Å². The van der Waals surface area contributed by atoms with Gasteiger partial charge in [-0.25, -0.2) is 15.0 Å². The second kappa shape index (κ2) is 9.10. The van der Waals surface area contributed by atoms with E-state index in [1.54, 1.807) is 7.11 Å². The molecule has 3 rings (SSSR count). The Labute approximate surface area is 174 Å². The van der Waals surface area contributed by atoms with E-state index in [1.807, 2.05) is 4.90 Å². The zero-order valence-corrected chi connectivity index (χ0v) is 17.3. The zero-order chi connectivity index (χ0) is 21.9. The fourth-order valence-electron chi connectivity index (χ4n) is 3.09. The minimum Gasteiger partial charge on any atom is -0.480 e. The summed E-state index contributed by atoms with van der Waals surface area (Å²) < 4.78 is 55.8. The number of ether oxygens (including phenoxy) is 3. The number of methoxy groups -OCH3 is 3. The number of likely N-dealkylation sites (tertiary alicyclic amines) is 1. The summed E-state index contributed by atoms with van der Waals surface area (Å²) in [5.74, 6) is -0.941. The first-order chi connectivity index (χ1) is 14.3. The van der Waals surface area contributed by atoms with Gasteiger partial charge in [0.2, 0.25) is 11.8 Å². The number of anilines is 1. The van der Waals surface area contributed by atoms with Crippen molar-refractivity contribution in [1.82, 2.24) is 19.9 Å². The highest BCUT2D eigenvalue weighted by Gasteiger charge is 2.39. The predicted octanol–water partition coefficient (Wildman–Crippen LogP) is 2.44. The molecule has 2 aromatic heterocycles. The Morgan fingerprint density at radius 3 is 2.47 bits per heavy atom. The second-order valence-electron chi connectivity index (χ2n) is 6.39. The lowest BCUT2D eigenvalue weighted by atomic mass is 10.3. The molecule has 1 aliphatic heterocycles. The van der Waals surface area contributed by atoms with Crippen molar-refractivity contribution in [1.29, 1.82) is 0 Å². The number of nitrogens with one attached hydrogen (secondary N) is 1. The van der Waals surface area contributed by atoms with Gasteiger partial charge in [-0.1, -0.05) is 11.3 Å². The van der Waals surface area contributed by atoms with Crippen LogP contribution in [0.2, 0.25) is 0 Å².